The summed E-state index contributed by atoms with van der Waals surface area (Å²) in [5.74, 6) is -0.231. The lowest BCUT2D eigenvalue weighted by Crippen LogP contribution is -2.44. The number of sulfonamides is 1. The summed E-state index contributed by atoms with van der Waals surface area (Å²) in [5, 5.41) is 3.21. The monoisotopic (exact) mass is 448 g/mol. The Morgan fingerprint density at radius 3 is 1.78 bits per heavy atom. The quantitative estimate of drug-likeness (QED) is 0.591. The van der Waals surface area contributed by atoms with E-state index in [-0.39, 0.29) is 23.6 Å². The van der Waals surface area contributed by atoms with E-state index in [1.807, 2.05) is 91.0 Å². The molecule has 5 nitrogen and oxygen atoms in total. The Bertz CT molecular complexity index is 1070. The van der Waals surface area contributed by atoms with Gasteiger partial charge in [-0.3, -0.25) is 4.79 Å². The van der Waals surface area contributed by atoms with Crippen molar-refractivity contribution in [3.63, 3.8) is 0 Å². The molecule has 0 aliphatic carbocycles. The van der Waals surface area contributed by atoms with Crippen LogP contribution in [0.5, 0.6) is 0 Å². The molecule has 1 saturated heterocycles. The third kappa shape index (κ3) is 5.44. The number of nitrogens with one attached hydrogen (secondary N) is 1. The minimum absolute atomic E-state index is 0.00517. The molecule has 1 amide bonds. The van der Waals surface area contributed by atoms with Crippen molar-refractivity contribution in [1.29, 1.82) is 0 Å². The first-order valence-corrected chi connectivity index (χ1v) is 12.6. The van der Waals surface area contributed by atoms with Gasteiger partial charge in [-0.15, -0.1) is 0 Å². The highest BCUT2D eigenvalue weighted by atomic mass is 32.2. The highest BCUT2D eigenvalue weighted by molar-refractivity contribution is 7.88. The lowest BCUT2D eigenvalue weighted by Gasteiger charge is -2.31. The van der Waals surface area contributed by atoms with Crippen LogP contribution in [0.15, 0.2) is 91.0 Å². The predicted molar refractivity (Wildman–Crippen MR) is 126 cm³/mol. The summed E-state index contributed by atoms with van der Waals surface area (Å²) in [6.45, 7) is 0.739. The Balaban J connectivity index is 1.40. The van der Waals surface area contributed by atoms with Gasteiger partial charge in [0.15, 0.2) is 0 Å². The Kier molecular flexibility index (Phi) is 7.02. The average Bonchev–Trinajstić information content (AvgIpc) is 2.84. The van der Waals surface area contributed by atoms with Gasteiger partial charge in [0.05, 0.1) is 11.8 Å². The number of benzene rings is 3. The van der Waals surface area contributed by atoms with E-state index in [4.69, 9.17) is 0 Å². The maximum Gasteiger partial charge on any atom is 0.223 e. The van der Waals surface area contributed by atoms with Crippen LogP contribution >= 0.6 is 0 Å². The molecule has 3 aromatic carbocycles. The maximum atomic E-state index is 13.1. The highest BCUT2D eigenvalue weighted by Crippen LogP contribution is 2.26. The first-order valence-electron chi connectivity index (χ1n) is 10.9. The van der Waals surface area contributed by atoms with Gasteiger partial charge >= 0.3 is 0 Å². The van der Waals surface area contributed by atoms with Gasteiger partial charge in [0.25, 0.3) is 0 Å². The van der Waals surface area contributed by atoms with Crippen molar-refractivity contribution in [3.8, 4) is 0 Å². The molecule has 4 rings (SSSR count). The summed E-state index contributed by atoms with van der Waals surface area (Å²) in [4.78, 5) is 13.1. The van der Waals surface area contributed by atoms with Crippen LogP contribution in [0.4, 0.5) is 0 Å². The molecule has 0 spiro atoms. The van der Waals surface area contributed by atoms with Crippen LogP contribution in [-0.4, -0.2) is 31.7 Å². The number of carbonyl (C=O) groups is 1. The number of nitrogens with zero attached hydrogens (tertiary/aromatic N) is 1. The average molecular weight is 449 g/mol. The van der Waals surface area contributed by atoms with Crippen molar-refractivity contribution in [2.24, 2.45) is 5.92 Å². The van der Waals surface area contributed by atoms with Crippen molar-refractivity contribution >= 4 is 15.9 Å². The molecule has 0 atom stereocenters. The van der Waals surface area contributed by atoms with Crippen molar-refractivity contribution in [1.82, 2.24) is 9.62 Å². The van der Waals surface area contributed by atoms with E-state index in [1.165, 1.54) is 4.31 Å². The van der Waals surface area contributed by atoms with Gasteiger partial charge in [0, 0.05) is 19.0 Å². The summed E-state index contributed by atoms with van der Waals surface area (Å²) >= 11 is 0. The van der Waals surface area contributed by atoms with Gasteiger partial charge in [0.2, 0.25) is 15.9 Å². The van der Waals surface area contributed by atoms with Gasteiger partial charge in [-0.1, -0.05) is 91.0 Å². The van der Waals surface area contributed by atoms with Crippen molar-refractivity contribution in [2.45, 2.75) is 24.6 Å². The summed E-state index contributed by atoms with van der Waals surface area (Å²) in [6.07, 6.45) is 1.05. The van der Waals surface area contributed by atoms with E-state index in [1.54, 1.807) is 0 Å². The van der Waals surface area contributed by atoms with E-state index in [2.05, 4.69) is 5.32 Å². The maximum absolute atomic E-state index is 13.1. The second-order valence-electron chi connectivity index (χ2n) is 8.18. The molecule has 6 heteroatoms. The van der Waals surface area contributed by atoms with Crippen LogP contribution in [0.25, 0.3) is 0 Å². The van der Waals surface area contributed by atoms with Gasteiger partial charge in [-0.2, -0.15) is 0 Å². The second-order valence-corrected chi connectivity index (χ2v) is 10.1. The van der Waals surface area contributed by atoms with E-state index >= 15 is 0 Å². The van der Waals surface area contributed by atoms with Gasteiger partial charge < -0.3 is 5.32 Å². The first kappa shape index (κ1) is 22.2. The molecule has 0 saturated carbocycles. The zero-order chi connectivity index (χ0) is 22.4. The molecule has 0 unspecified atom stereocenters. The molecule has 166 valence electrons. The van der Waals surface area contributed by atoms with Crippen LogP contribution < -0.4 is 5.32 Å². The number of rotatable bonds is 7. The Hall–Kier alpha value is -2.96. The van der Waals surface area contributed by atoms with Gasteiger partial charge in [0.1, 0.15) is 0 Å². The van der Waals surface area contributed by atoms with Gasteiger partial charge in [-0.25, -0.2) is 12.7 Å². The SMILES string of the molecule is O=C(NC(c1ccccc1)c1ccccc1)C1CCN(S(=O)(=O)Cc2ccccc2)CC1. The lowest BCUT2D eigenvalue weighted by molar-refractivity contribution is -0.126. The largest absolute Gasteiger partial charge is 0.345 e. The fourth-order valence-corrected chi connectivity index (χ4v) is 5.75. The molecular weight excluding hydrogens is 420 g/mol. The Morgan fingerprint density at radius 1 is 0.812 bits per heavy atom. The standard InChI is InChI=1S/C26H28N2O3S/c29-26(27-25(22-12-6-2-7-13-22)23-14-8-3-9-15-23)24-16-18-28(19-17-24)32(30,31)20-21-10-4-1-5-11-21/h1-15,24-25H,16-20H2,(H,27,29). The van der Waals surface area contributed by atoms with Crippen molar-refractivity contribution < 1.29 is 13.2 Å². The zero-order valence-electron chi connectivity index (χ0n) is 17.9. The van der Waals surface area contributed by atoms with Crippen LogP contribution in [0.3, 0.4) is 0 Å². The summed E-state index contributed by atoms with van der Waals surface area (Å²) < 4.78 is 27.1. The predicted octanol–water partition coefficient (Wildman–Crippen LogP) is 4.13. The molecule has 0 bridgehead atoms. The van der Waals surface area contributed by atoms with Crippen LogP contribution in [0, 0.1) is 5.92 Å². The summed E-state index contributed by atoms with van der Waals surface area (Å²) in [7, 11) is -3.39. The number of amides is 1. The van der Waals surface area contributed by atoms with E-state index in [9.17, 15) is 13.2 Å². The van der Waals surface area contributed by atoms with E-state index in [0.717, 1.165) is 16.7 Å². The van der Waals surface area contributed by atoms with Crippen LogP contribution in [0.1, 0.15) is 35.6 Å². The molecule has 1 aliphatic heterocycles. The van der Waals surface area contributed by atoms with Crippen LogP contribution in [-0.2, 0) is 20.6 Å². The number of piperidine rings is 1. The second kappa shape index (κ2) is 10.1. The zero-order valence-corrected chi connectivity index (χ0v) is 18.7. The fraction of sp³-hybridized carbons (Fsp3) is 0.269. The Morgan fingerprint density at radius 2 is 1.28 bits per heavy atom. The molecular formula is C26H28N2O3S. The molecule has 0 radical (unpaired) electrons. The normalized spacial score (nSPS) is 15.5. The third-order valence-corrected chi connectivity index (χ3v) is 7.81. The topological polar surface area (TPSA) is 66.5 Å². The Labute approximate surface area is 190 Å². The fourth-order valence-electron chi connectivity index (χ4n) is 4.18. The molecule has 1 heterocycles. The number of hydrogen-bond donors (Lipinski definition) is 1. The van der Waals surface area contributed by atoms with Gasteiger partial charge in [-0.05, 0) is 29.5 Å². The summed E-state index contributed by atoms with van der Waals surface area (Å²) in [6, 6.07) is 28.8. The molecule has 1 fully saturated rings. The third-order valence-electron chi connectivity index (χ3n) is 5.96. The highest BCUT2D eigenvalue weighted by Gasteiger charge is 2.32. The lowest BCUT2D eigenvalue weighted by atomic mass is 9.94. The molecule has 1 N–H and O–H groups in total. The number of hydrogen-bond acceptors (Lipinski definition) is 3. The van der Waals surface area contributed by atoms with E-state index < -0.39 is 10.0 Å². The number of carbonyl (C=O) groups excluding carboxylic acids is 1. The molecule has 0 aromatic heterocycles. The molecule has 1 aliphatic rings. The van der Waals surface area contributed by atoms with E-state index in [0.29, 0.717) is 25.9 Å². The minimum atomic E-state index is -3.39. The van der Waals surface area contributed by atoms with Crippen molar-refractivity contribution in [3.05, 3.63) is 108 Å². The first-order chi connectivity index (χ1) is 15.5. The molecule has 3 aromatic rings. The van der Waals surface area contributed by atoms with Crippen LogP contribution in [0.2, 0.25) is 0 Å². The summed E-state index contributed by atoms with van der Waals surface area (Å²) in [5.41, 5.74) is 2.82. The molecule has 32 heavy (non-hydrogen) atoms. The smallest absolute Gasteiger partial charge is 0.223 e. The minimum Gasteiger partial charge on any atom is -0.345 e. The van der Waals surface area contributed by atoms with Crippen molar-refractivity contribution in [2.75, 3.05) is 13.1 Å².